The fourth-order valence-corrected chi connectivity index (χ4v) is 8.48. The number of rotatable bonds is 13. The third-order valence-electron chi connectivity index (χ3n) is 10.5. The molecule has 15 heteroatoms. The lowest BCUT2D eigenvalue weighted by Gasteiger charge is -2.31. The van der Waals surface area contributed by atoms with Crippen LogP contribution in [0.1, 0.15) is 96.6 Å². The number of aryl methyl sites for hydroxylation is 1. The van der Waals surface area contributed by atoms with Crippen LogP contribution in [-0.4, -0.2) is 80.8 Å². The van der Waals surface area contributed by atoms with Crippen molar-refractivity contribution >= 4 is 52.6 Å². The SMILES string of the molecule is CC1=C(C(=O)OC(C)C)C(c2cccc(Cl)c2Cl)C(c2ncno2)=C(C)N1.CCOC(=O)[C@H](CCc1ccccc1)N[C@@H](C)C(=O)N1[C@H](C(=O)O)C[C@@H]2CCC[C@@H]21. The van der Waals surface area contributed by atoms with Crippen molar-refractivity contribution in [1.82, 2.24) is 25.7 Å². The van der Waals surface area contributed by atoms with Gasteiger partial charge in [0.15, 0.2) is 6.33 Å². The average Bonchev–Trinajstić information content (AvgIpc) is 3.94. The lowest BCUT2D eigenvalue weighted by molar-refractivity contribution is -0.151. The average molecular weight is 825 g/mol. The van der Waals surface area contributed by atoms with Gasteiger partial charge < -0.3 is 29.3 Å². The summed E-state index contributed by atoms with van der Waals surface area (Å²) in [6.07, 6.45) is 5.57. The number of carboxylic acid groups (broad SMARTS) is 1. The zero-order chi connectivity index (χ0) is 41.4. The maximum Gasteiger partial charge on any atom is 0.337 e. The number of allylic oxidation sites excluding steroid dienone is 3. The minimum atomic E-state index is -0.948. The minimum absolute atomic E-state index is 0.00629. The zero-order valence-electron chi connectivity index (χ0n) is 33.1. The first-order valence-electron chi connectivity index (χ1n) is 19.3. The van der Waals surface area contributed by atoms with E-state index in [2.05, 4.69) is 20.8 Å². The van der Waals surface area contributed by atoms with Crippen molar-refractivity contribution in [2.45, 2.75) is 116 Å². The van der Waals surface area contributed by atoms with Crippen LogP contribution in [0.2, 0.25) is 10.0 Å². The molecule has 2 aromatic carbocycles. The van der Waals surface area contributed by atoms with Crippen molar-refractivity contribution in [2.24, 2.45) is 5.92 Å². The lowest BCUT2D eigenvalue weighted by Crippen LogP contribution is -2.55. The van der Waals surface area contributed by atoms with E-state index in [-0.39, 0.29) is 36.5 Å². The summed E-state index contributed by atoms with van der Waals surface area (Å²) in [5, 5.41) is 20.4. The predicted molar refractivity (Wildman–Crippen MR) is 215 cm³/mol. The molecule has 1 saturated heterocycles. The van der Waals surface area contributed by atoms with Crippen LogP contribution in [0.3, 0.4) is 0 Å². The van der Waals surface area contributed by atoms with Crippen molar-refractivity contribution in [2.75, 3.05) is 6.61 Å². The predicted octanol–water partition coefficient (Wildman–Crippen LogP) is 7.10. The molecule has 1 saturated carbocycles. The molecule has 2 fully saturated rings. The number of esters is 2. The Hall–Kier alpha value is -4.72. The summed E-state index contributed by atoms with van der Waals surface area (Å²) in [6, 6.07) is 13.1. The molecule has 3 aliphatic rings. The summed E-state index contributed by atoms with van der Waals surface area (Å²) >= 11 is 12.8. The smallest absolute Gasteiger partial charge is 0.337 e. The van der Waals surface area contributed by atoms with Crippen molar-refractivity contribution in [1.29, 1.82) is 0 Å². The third-order valence-corrected chi connectivity index (χ3v) is 11.4. The van der Waals surface area contributed by atoms with E-state index in [1.165, 1.54) is 6.33 Å². The molecule has 0 radical (unpaired) electrons. The topological polar surface area (TPSA) is 173 Å². The van der Waals surface area contributed by atoms with Crippen molar-refractivity contribution in [3.63, 3.8) is 0 Å². The van der Waals surface area contributed by atoms with Gasteiger partial charge in [-0.1, -0.05) is 77.2 Å². The Balaban J connectivity index is 0.000000219. The van der Waals surface area contributed by atoms with Crippen LogP contribution in [0.15, 0.2) is 76.3 Å². The highest BCUT2D eigenvalue weighted by atomic mass is 35.5. The van der Waals surface area contributed by atoms with E-state index < -0.39 is 36.0 Å². The van der Waals surface area contributed by atoms with Crippen LogP contribution in [0, 0.1) is 5.92 Å². The Kier molecular flexibility index (Phi) is 14.9. The molecule has 306 valence electrons. The minimum Gasteiger partial charge on any atom is -0.480 e. The van der Waals surface area contributed by atoms with Gasteiger partial charge in [-0.3, -0.25) is 14.9 Å². The largest absolute Gasteiger partial charge is 0.480 e. The number of carboxylic acids is 1. The molecular formula is C42H51Cl2N5O8. The van der Waals surface area contributed by atoms with Crippen LogP contribution in [0.4, 0.5) is 0 Å². The Morgan fingerprint density at radius 1 is 1.04 bits per heavy atom. The second-order valence-electron chi connectivity index (χ2n) is 14.8. The Bertz CT molecular complexity index is 1970. The fraction of sp³-hybridized carbons (Fsp3) is 0.476. The number of carbonyl (C=O) groups excluding carboxylic acids is 3. The number of nitrogens with zero attached hydrogens (tertiary/aromatic N) is 3. The first-order chi connectivity index (χ1) is 27.2. The van der Waals surface area contributed by atoms with Crippen LogP contribution in [-0.2, 0) is 35.1 Å². The second-order valence-corrected chi connectivity index (χ2v) is 15.6. The van der Waals surface area contributed by atoms with Crippen LogP contribution in [0.5, 0.6) is 0 Å². The van der Waals surface area contributed by atoms with Crippen molar-refractivity contribution in [3.8, 4) is 0 Å². The van der Waals surface area contributed by atoms with E-state index in [0.29, 0.717) is 57.6 Å². The monoisotopic (exact) mass is 823 g/mol. The number of halogens is 2. The number of hydrogen-bond donors (Lipinski definition) is 3. The second kappa shape index (κ2) is 19.6. The maximum atomic E-state index is 13.2. The van der Waals surface area contributed by atoms with Gasteiger partial charge in [0.05, 0.1) is 40.3 Å². The van der Waals surface area contributed by atoms with Gasteiger partial charge in [0.2, 0.25) is 5.91 Å². The normalized spacial score (nSPS) is 21.3. The molecule has 0 bridgehead atoms. The molecule has 1 aromatic heterocycles. The van der Waals surface area contributed by atoms with Gasteiger partial charge >= 0.3 is 17.9 Å². The van der Waals surface area contributed by atoms with Gasteiger partial charge in [0.1, 0.15) is 12.1 Å². The number of benzene rings is 2. The number of likely N-dealkylation sites (tertiary alicyclic amines) is 1. The summed E-state index contributed by atoms with van der Waals surface area (Å²) in [7, 11) is 0. The van der Waals surface area contributed by atoms with E-state index in [4.69, 9.17) is 37.2 Å². The van der Waals surface area contributed by atoms with Gasteiger partial charge in [-0.05, 0) is 96.8 Å². The molecule has 1 amide bonds. The Morgan fingerprint density at radius 2 is 1.77 bits per heavy atom. The number of aromatic nitrogens is 2. The van der Waals surface area contributed by atoms with Crippen molar-refractivity contribution in [3.05, 3.63) is 98.9 Å². The number of ether oxygens (including phenoxy) is 2. The van der Waals surface area contributed by atoms with Crippen molar-refractivity contribution < 1.29 is 38.3 Å². The third kappa shape index (κ3) is 10.2. The first-order valence-corrected chi connectivity index (χ1v) is 20.1. The molecule has 6 atom stereocenters. The summed E-state index contributed by atoms with van der Waals surface area (Å²) in [5.41, 5.74) is 4.28. The summed E-state index contributed by atoms with van der Waals surface area (Å²) in [6.45, 7) is 11.0. The van der Waals surface area contributed by atoms with E-state index in [1.54, 1.807) is 44.7 Å². The number of fused-ring (bicyclic) bond motifs is 1. The Labute approximate surface area is 343 Å². The van der Waals surface area contributed by atoms with Gasteiger partial charge in [0, 0.05) is 23.0 Å². The van der Waals surface area contributed by atoms with Gasteiger partial charge in [0.25, 0.3) is 5.89 Å². The number of carbonyl (C=O) groups is 4. The van der Waals surface area contributed by atoms with E-state index in [0.717, 1.165) is 30.5 Å². The van der Waals surface area contributed by atoms with Gasteiger partial charge in [-0.15, -0.1) is 0 Å². The molecule has 57 heavy (non-hydrogen) atoms. The number of amides is 1. The highest BCUT2D eigenvalue weighted by Crippen LogP contribution is 2.46. The first kappa shape index (κ1) is 43.4. The molecule has 1 aliphatic carbocycles. The molecule has 3 N–H and O–H groups in total. The van der Waals surface area contributed by atoms with Crippen LogP contribution in [0.25, 0.3) is 5.57 Å². The maximum absolute atomic E-state index is 13.2. The van der Waals surface area contributed by atoms with Crippen LogP contribution >= 0.6 is 23.2 Å². The number of hydrogen-bond acceptors (Lipinski definition) is 11. The highest BCUT2D eigenvalue weighted by Gasteiger charge is 2.49. The van der Waals surface area contributed by atoms with Gasteiger partial charge in [-0.2, -0.15) is 4.98 Å². The van der Waals surface area contributed by atoms with Gasteiger partial charge in [-0.25, -0.2) is 9.59 Å². The molecule has 3 aromatic rings. The molecular weight excluding hydrogens is 773 g/mol. The molecule has 2 aliphatic heterocycles. The molecule has 6 rings (SSSR count). The Morgan fingerprint density at radius 3 is 2.42 bits per heavy atom. The molecule has 1 unspecified atom stereocenters. The lowest BCUT2D eigenvalue weighted by atomic mass is 9.80. The summed E-state index contributed by atoms with van der Waals surface area (Å²) in [4.78, 5) is 56.2. The summed E-state index contributed by atoms with van der Waals surface area (Å²) in [5.74, 6) is -2.03. The zero-order valence-corrected chi connectivity index (χ0v) is 34.6. The molecule has 0 spiro atoms. The van der Waals surface area contributed by atoms with Crippen LogP contribution < -0.4 is 10.6 Å². The van der Waals surface area contributed by atoms with E-state index in [9.17, 15) is 24.3 Å². The molecule has 3 heterocycles. The highest BCUT2D eigenvalue weighted by molar-refractivity contribution is 6.42. The number of aliphatic carboxylic acids is 1. The van der Waals surface area contributed by atoms with E-state index in [1.807, 2.05) is 50.2 Å². The fourth-order valence-electron chi connectivity index (χ4n) is 8.06. The number of nitrogens with one attached hydrogen (secondary N) is 2. The molecule has 13 nitrogen and oxygen atoms in total. The standard InChI is InChI=1S/C23H32N2O5.C19H19Cl2N3O3/c1-3-30-23(29)18(13-12-16-8-5-4-6-9-16)24-15(2)21(26)25-19-11-7-10-17(19)14-20(25)22(27)28;1-9(2)26-19(25)15-11(4)24-10(3)14(18-22-8-23-27-18)16(15)12-6-5-7-13(20)17(12)21/h4-6,8-9,15,17-20,24H,3,7,10-14H2,1-2H3,(H,27,28);5-9,16,24H,1-4H3/t15-,17-,18-,19-,20-;/m0./s1. The van der Waals surface area contributed by atoms with E-state index >= 15 is 0 Å². The number of dihydropyridines is 1. The summed E-state index contributed by atoms with van der Waals surface area (Å²) < 4.78 is 16.0. The quantitative estimate of drug-likeness (QED) is 0.150.